The van der Waals surface area contributed by atoms with Crippen LogP contribution in [0.4, 0.5) is 0 Å². The molecule has 118 valence electrons. The van der Waals surface area contributed by atoms with E-state index in [9.17, 15) is 0 Å². The van der Waals surface area contributed by atoms with Crippen LogP contribution in [0.1, 0.15) is 43.5 Å². The summed E-state index contributed by atoms with van der Waals surface area (Å²) in [6.45, 7) is 5.86. The lowest BCUT2D eigenvalue weighted by atomic mass is 10.1. The molecule has 2 rings (SSSR count). The summed E-state index contributed by atoms with van der Waals surface area (Å²) in [7, 11) is 0. The number of nitrogens with zero attached hydrogens (tertiary/aromatic N) is 1. The van der Waals surface area contributed by atoms with E-state index >= 15 is 0 Å². The highest BCUT2D eigenvalue weighted by Crippen LogP contribution is 2.17. The molecule has 0 spiro atoms. The van der Waals surface area contributed by atoms with Crippen molar-refractivity contribution in [2.45, 2.75) is 32.4 Å². The topological polar surface area (TPSA) is 34.1 Å². The van der Waals surface area contributed by atoms with E-state index in [1.54, 1.807) is 6.20 Å². The predicted molar refractivity (Wildman–Crippen MR) is 91.1 cm³/mol. The highest BCUT2D eigenvalue weighted by Gasteiger charge is 2.06. The maximum Gasteiger partial charge on any atom is 0.129 e. The number of pyridine rings is 1. The van der Waals surface area contributed by atoms with E-state index in [0.717, 1.165) is 25.1 Å². The van der Waals surface area contributed by atoms with E-state index in [1.165, 1.54) is 5.56 Å². The Bertz CT molecular complexity index is 562. The molecule has 3 nitrogen and oxygen atoms in total. The summed E-state index contributed by atoms with van der Waals surface area (Å²) in [5.41, 5.74) is 2.37. The zero-order chi connectivity index (χ0) is 15.8. The van der Waals surface area contributed by atoms with Gasteiger partial charge in [-0.3, -0.25) is 0 Å². The first kappa shape index (κ1) is 16.9. The molecule has 0 aliphatic heterocycles. The van der Waals surface area contributed by atoms with Crippen LogP contribution in [0.2, 0.25) is 5.15 Å². The summed E-state index contributed by atoms with van der Waals surface area (Å²) in [4.78, 5) is 4.00. The molecule has 1 N–H and O–H groups in total. The lowest BCUT2D eigenvalue weighted by Gasteiger charge is -2.16. The largest absolute Gasteiger partial charge is 0.374 e. The number of rotatable bonds is 8. The molecule has 0 radical (unpaired) electrons. The number of halogens is 1. The van der Waals surface area contributed by atoms with Gasteiger partial charge < -0.3 is 10.1 Å². The summed E-state index contributed by atoms with van der Waals surface area (Å²) < 4.78 is 5.86. The minimum absolute atomic E-state index is 0.137. The van der Waals surface area contributed by atoms with Gasteiger partial charge in [-0.2, -0.15) is 0 Å². The van der Waals surface area contributed by atoms with Gasteiger partial charge in [-0.25, -0.2) is 4.98 Å². The van der Waals surface area contributed by atoms with E-state index in [0.29, 0.717) is 5.15 Å². The third-order valence-electron chi connectivity index (χ3n) is 3.66. The number of ether oxygens (including phenoxy) is 1. The Morgan fingerprint density at radius 1 is 1.14 bits per heavy atom. The van der Waals surface area contributed by atoms with Crippen molar-refractivity contribution in [3.63, 3.8) is 0 Å². The van der Waals surface area contributed by atoms with Gasteiger partial charge in [-0.15, -0.1) is 0 Å². The molecule has 0 amide bonds. The molecule has 0 aliphatic rings. The highest BCUT2D eigenvalue weighted by atomic mass is 35.5. The summed E-state index contributed by atoms with van der Waals surface area (Å²) >= 11 is 5.91. The lowest BCUT2D eigenvalue weighted by Crippen LogP contribution is -2.21. The van der Waals surface area contributed by atoms with Crippen LogP contribution >= 0.6 is 11.6 Å². The summed E-state index contributed by atoms with van der Waals surface area (Å²) in [5.74, 6) is 0. The molecule has 1 heterocycles. The number of hydrogen-bond acceptors (Lipinski definition) is 3. The van der Waals surface area contributed by atoms with Crippen molar-refractivity contribution >= 4 is 11.6 Å². The summed E-state index contributed by atoms with van der Waals surface area (Å²) in [5, 5.41) is 4.01. The Labute approximate surface area is 137 Å². The number of aromatic nitrogens is 1. The van der Waals surface area contributed by atoms with E-state index in [1.807, 2.05) is 30.3 Å². The minimum Gasteiger partial charge on any atom is -0.374 e. The van der Waals surface area contributed by atoms with Crippen LogP contribution in [0, 0.1) is 0 Å². The van der Waals surface area contributed by atoms with E-state index in [2.05, 4.69) is 36.3 Å². The Morgan fingerprint density at radius 3 is 2.64 bits per heavy atom. The number of hydrogen-bond donors (Lipinski definition) is 1. The molecule has 1 aromatic carbocycles. The predicted octanol–water partition coefficient (Wildman–Crippen LogP) is 4.55. The smallest absolute Gasteiger partial charge is 0.129 e. The molecule has 0 bridgehead atoms. The van der Waals surface area contributed by atoms with Gasteiger partial charge in [0.2, 0.25) is 0 Å². The van der Waals surface area contributed by atoms with Gasteiger partial charge in [0.25, 0.3) is 0 Å². The van der Waals surface area contributed by atoms with Crippen molar-refractivity contribution in [3.8, 4) is 0 Å². The second kappa shape index (κ2) is 8.89. The average molecular weight is 319 g/mol. The molecule has 0 saturated heterocycles. The van der Waals surface area contributed by atoms with Crippen molar-refractivity contribution in [1.29, 1.82) is 0 Å². The van der Waals surface area contributed by atoms with E-state index < -0.39 is 0 Å². The monoisotopic (exact) mass is 318 g/mol. The van der Waals surface area contributed by atoms with Crippen molar-refractivity contribution in [2.24, 2.45) is 0 Å². The van der Waals surface area contributed by atoms with Gasteiger partial charge in [-0.1, -0.05) is 41.9 Å². The first-order valence-electron chi connectivity index (χ1n) is 7.68. The first-order valence-corrected chi connectivity index (χ1v) is 8.06. The molecule has 1 aromatic heterocycles. The molecule has 4 heteroatoms. The number of benzene rings is 1. The zero-order valence-corrected chi connectivity index (χ0v) is 13.9. The number of nitrogens with one attached hydrogen (secondary N) is 1. The van der Waals surface area contributed by atoms with Gasteiger partial charge >= 0.3 is 0 Å². The Balaban J connectivity index is 1.65. The molecule has 0 unspecified atom stereocenters. The average Bonchev–Trinajstić information content (AvgIpc) is 2.55. The van der Waals surface area contributed by atoms with E-state index in [4.69, 9.17) is 16.3 Å². The van der Waals surface area contributed by atoms with Gasteiger partial charge in [0, 0.05) is 18.8 Å². The minimum atomic E-state index is 0.137. The third kappa shape index (κ3) is 5.41. The van der Waals surface area contributed by atoms with Crippen LogP contribution in [-0.2, 0) is 4.74 Å². The van der Waals surface area contributed by atoms with Crippen LogP contribution in [0.5, 0.6) is 0 Å². The quantitative estimate of drug-likeness (QED) is 0.572. The molecular weight excluding hydrogens is 296 g/mol. The fraction of sp³-hybridized carbons (Fsp3) is 0.389. The second-order valence-corrected chi connectivity index (χ2v) is 5.75. The SMILES string of the molecule is C[C@H](OCCCN[C@H](C)c1ccnc(Cl)c1)c1ccccc1. The van der Waals surface area contributed by atoms with Crippen molar-refractivity contribution in [3.05, 3.63) is 64.9 Å². The van der Waals surface area contributed by atoms with E-state index in [-0.39, 0.29) is 12.1 Å². The van der Waals surface area contributed by atoms with Gasteiger partial charge in [0.1, 0.15) is 5.15 Å². The van der Waals surface area contributed by atoms with Crippen molar-refractivity contribution in [1.82, 2.24) is 10.3 Å². The van der Waals surface area contributed by atoms with Crippen LogP contribution in [0.15, 0.2) is 48.7 Å². The zero-order valence-electron chi connectivity index (χ0n) is 13.1. The second-order valence-electron chi connectivity index (χ2n) is 5.36. The third-order valence-corrected chi connectivity index (χ3v) is 3.87. The Morgan fingerprint density at radius 2 is 1.91 bits per heavy atom. The van der Waals surface area contributed by atoms with Crippen LogP contribution in [-0.4, -0.2) is 18.1 Å². The van der Waals surface area contributed by atoms with Gasteiger partial charge in [-0.05, 0) is 50.1 Å². The van der Waals surface area contributed by atoms with Crippen molar-refractivity contribution < 1.29 is 4.74 Å². The Hall–Kier alpha value is -1.42. The molecule has 0 fully saturated rings. The van der Waals surface area contributed by atoms with Crippen LogP contribution in [0.3, 0.4) is 0 Å². The van der Waals surface area contributed by atoms with Gasteiger partial charge in [0.05, 0.1) is 6.10 Å². The molecule has 22 heavy (non-hydrogen) atoms. The summed E-state index contributed by atoms with van der Waals surface area (Å²) in [6, 6.07) is 14.4. The molecule has 0 saturated carbocycles. The fourth-order valence-electron chi connectivity index (χ4n) is 2.28. The Kier molecular flexibility index (Phi) is 6.84. The van der Waals surface area contributed by atoms with Crippen LogP contribution < -0.4 is 5.32 Å². The molecule has 2 aromatic rings. The standard InChI is InChI=1S/C18H23ClN2O/c1-14(17-9-11-21-18(19)13-17)20-10-6-12-22-15(2)16-7-4-3-5-8-16/h3-5,7-9,11,13-15,20H,6,10,12H2,1-2H3/t14-,15+/m1/s1. The molecule has 0 aliphatic carbocycles. The maximum absolute atomic E-state index is 5.91. The lowest BCUT2D eigenvalue weighted by molar-refractivity contribution is 0.0638. The fourth-order valence-corrected chi connectivity index (χ4v) is 2.46. The highest BCUT2D eigenvalue weighted by molar-refractivity contribution is 6.29. The summed E-state index contributed by atoms with van der Waals surface area (Å²) in [6.07, 6.45) is 2.85. The van der Waals surface area contributed by atoms with Gasteiger partial charge in [0.15, 0.2) is 0 Å². The van der Waals surface area contributed by atoms with Crippen LogP contribution in [0.25, 0.3) is 0 Å². The first-order chi connectivity index (χ1) is 10.7. The normalized spacial score (nSPS) is 13.8. The maximum atomic E-state index is 5.91. The van der Waals surface area contributed by atoms with Crippen molar-refractivity contribution in [2.75, 3.05) is 13.2 Å². The molecule has 2 atom stereocenters. The molecular formula is C18H23ClN2O.